The number of rotatable bonds is 2. The summed E-state index contributed by atoms with van der Waals surface area (Å²) in [7, 11) is -3.67. The molecule has 0 bridgehead atoms. The molecule has 0 unspecified atom stereocenters. The molecule has 0 aliphatic rings. The Labute approximate surface area is 164 Å². The Kier molecular flexibility index (Phi) is 6.63. The third-order valence-corrected chi connectivity index (χ3v) is 7.07. The maximum Gasteiger partial charge on any atom is 0.259 e. The van der Waals surface area contributed by atoms with Crippen LogP contribution in [0.1, 0.15) is 63.8 Å². The second kappa shape index (κ2) is 7.50. The second-order valence-electron chi connectivity index (χ2n) is 9.08. The van der Waals surface area contributed by atoms with E-state index in [0.717, 1.165) is 22.3 Å². The van der Waals surface area contributed by atoms with Crippen molar-refractivity contribution in [2.24, 2.45) is 0 Å². The minimum Gasteiger partial charge on any atom is -0.338 e. The Hall–Kier alpha value is -1.08. The van der Waals surface area contributed by atoms with Crippen LogP contribution < -0.4 is 10.6 Å². The summed E-state index contributed by atoms with van der Waals surface area (Å²) in [4.78, 5) is 11.2. The van der Waals surface area contributed by atoms with Gasteiger partial charge in [0.2, 0.25) is 0 Å². The fourth-order valence-electron chi connectivity index (χ4n) is 2.93. The molecule has 0 aliphatic carbocycles. The molecule has 144 valence electrons. The maximum atomic E-state index is 13.6. The van der Waals surface area contributed by atoms with Gasteiger partial charge in [0, 0.05) is 10.6 Å². The average molecular weight is 395 g/mol. The smallest absolute Gasteiger partial charge is 0.259 e. The molecule has 0 spiro atoms. The highest BCUT2D eigenvalue weighted by Crippen LogP contribution is 2.42. The first-order chi connectivity index (χ1) is 11.2. The number of benzene rings is 2. The predicted molar refractivity (Wildman–Crippen MR) is 116 cm³/mol. The molecule has 0 aliphatic heterocycles. The Balaban J connectivity index is 0.00000338. The number of halogens is 1. The summed E-state index contributed by atoms with van der Waals surface area (Å²) in [5.74, 6) is 0. The molecule has 0 saturated carbocycles. The first-order valence-corrected chi connectivity index (χ1v) is 10.5. The van der Waals surface area contributed by atoms with Crippen molar-refractivity contribution in [1.82, 2.24) is 0 Å². The fraction of sp³-hybridized carbons (Fsp3) is 0.455. The van der Waals surface area contributed by atoms with Crippen LogP contribution in [0.3, 0.4) is 0 Å². The molecular formula is C22H32ClO2P. The summed E-state index contributed by atoms with van der Waals surface area (Å²) in [6.45, 7) is 16.5. The summed E-state index contributed by atoms with van der Waals surface area (Å²) < 4.78 is 13.6. The average Bonchev–Trinajstić information content (AvgIpc) is 2.45. The van der Waals surface area contributed by atoms with E-state index in [2.05, 4.69) is 53.7 Å². The van der Waals surface area contributed by atoms with Crippen LogP contribution in [0.25, 0.3) is 0 Å². The summed E-state index contributed by atoms with van der Waals surface area (Å²) in [5.41, 5.74) is 3.74. The van der Waals surface area contributed by atoms with Crippen LogP contribution in [-0.4, -0.2) is 4.89 Å². The van der Waals surface area contributed by atoms with Gasteiger partial charge >= 0.3 is 0 Å². The zero-order chi connectivity index (χ0) is 19.2. The van der Waals surface area contributed by atoms with E-state index in [0.29, 0.717) is 10.6 Å². The van der Waals surface area contributed by atoms with Crippen molar-refractivity contribution in [3.63, 3.8) is 0 Å². The van der Waals surface area contributed by atoms with Gasteiger partial charge in [-0.15, -0.1) is 12.4 Å². The van der Waals surface area contributed by atoms with Gasteiger partial charge in [0.1, 0.15) is 0 Å². The van der Waals surface area contributed by atoms with Gasteiger partial charge < -0.3 is 4.89 Å². The maximum absolute atomic E-state index is 13.6. The summed E-state index contributed by atoms with van der Waals surface area (Å²) in [5, 5.41) is 1.10. The van der Waals surface area contributed by atoms with Gasteiger partial charge in [-0.3, -0.25) is 4.57 Å². The zero-order valence-corrected chi connectivity index (χ0v) is 18.9. The normalized spacial score (nSPS) is 12.7. The largest absolute Gasteiger partial charge is 0.338 e. The number of hydrogen-bond donors (Lipinski definition) is 1. The van der Waals surface area contributed by atoms with Crippen LogP contribution in [0.15, 0.2) is 36.4 Å². The second-order valence-corrected chi connectivity index (χ2v) is 11.2. The van der Waals surface area contributed by atoms with Crippen LogP contribution in [0.2, 0.25) is 0 Å². The monoisotopic (exact) mass is 394 g/mol. The minimum atomic E-state index is -3.67. The highest BCUT2D eigenvalue weighted by Gasteiger charge is 2.30. The van der Waals surface area contributed by atoms with Gasteiger partial charge in [0.05, 0.1) is 0 Å². The van der Waals surface area contributed by atoms with Crippen molar-refractivity contribution < 1.29 is 9.46 Å². The molecule has 1 N–H and O–H groups in total. The van der Waals surface area contributed by atoms with E-state index >= 15 is 0 Å². The summed E-state index contributed by atoms with van der Waals surface area (Å²) in [6.07, 6.45) is 0. The molecule has 2 aromatic carbocycles. The summed E-state index contributed by atoms with van der Waals surface area (Å²) >= 11 is 0. The van der Waals surface area contributed by atoms with E-state index in [9.17, 15) is 9.46 Å². The van der Waals surface area contributed by atoms with E-state index in [1.54, 1.807) is 0 Å². The van der Waals surface area contributed by atoms with Crippen LogP contribution in [-0.2, 0) is 15.4 Å². The van der Waals surface area contributed by atoms with Crippen LogP contribution in [0.5, 0.6) is 0 Å². The molecule has 4 heteroatoms. The van der Waals surface area contributed by atoms with Gasteiger partial charge in [-0.1, -0.05) is 65.8 Å². The van der Waals surface area contributed by atoms with Gasteiger partial charge in [0.25, 0.3) is 7.37 Å². The van der Waals surface area contributed by atoms with E-state index in [1.165, 1.54) is 0 Å². The molecule has 0 saturated heterocycles. The molecule has 0 radical (unpaired) electrons. The first kappa shape index (κ1) is 23.0. The Bertz CT molecular complexity index is 775. The third-order valence-electron chi connectivity index (χ3n) is 4.80. The molecular weight excluding hydrogens is 363 g/mol. The molecule has 0 atom stereocenters. The lowest BCUT2D eigenvalue weighted by molar-refractivity contribution is 0.500. The highest BCUT2D eigenvalue weighted by molar-refractivity contribution is 7.73. The predicted octanol–water partition coefficient (Wildman–Crippen LogP) is 5.54. The summed E-state index contributed by atoms with van der Waals surface area (Å²) in [6, 6.07) is 11.9. The fourth-order valence-corrected chi connectivity index (χ4v) is 4.93. The van der Waals surface area contributed by atoms with Crippen molar-refractivity contribution in [2.75, 3.05) is 0 Å². The van der Waals surface area contributed by atoms with E-state index in [4.69, 9.17) is 0 Å². The lowest BCUT2D eigenvalue weighted by Gasteiger charge is -2.25. The van der Waals surface area contributed by atoms with Crippen molar-refractivity contribution in [1.29, 1.82) is 0 Å². The Morgan fingerprint density at radius 3 is 1.31 bits per heavy atom. The molecule has 26 heavy (non-hydrogen) atoms. The van der Waals surface area contributed by atoms with E-state index in [-0.39, 0.29) is 23.2 Å². The van der Waals surface area contributed by atoms with E-state index in [1.807, 2.05) is 38.1 Å². The lowest BCUT2D eigenvalue weighted by atomic mass is 9.87. The topological polar surface area (TPSA) is 37.3 Å². The van der Waals surface area contributed by atoms with Crippen LogP contribution in [0.4, 0.5) is 0 Å². The highest BCUT2D eigenvalue weighted by atomic mass is 35.5. The third kappa shape index (κ3) is 4.60. The van der Waals surface area contributed by atoms with Crippen molar-refractivity contribution >= 4 is 30.4 Å². The van der Waals surface area contributed by atoms with Crippen LogP contribution in [0, 0.1) is 13.8 Å². The van der Waals surface area contributed by atoms with Gasteiger partial charge in [-0.25, -0.2) is 0 Å². The number of hydrogen-bond acceptors (Lipinski definition) is 1. The molecule has 2 aromatic rings. The molecule has 2 nitrogen and oxygen atoms in total. The standard InChI is InChI=1S/C22H31O2P.ClH/c1-15-9-11-17(21(3,4)5)13-19(15)25(23,24)20-14-18(22(6,7)8)12-10-16(20)2;/h9-14H,1-8H3,(H,23,24);1H. The van der Waals surface area contributed by atoms with Gasteiger partial charge in [-0.05, 0) is 59.1 Å². The molecule has 0 heterocycles. The van der Waals surface area contributed by atoms with Crippen molar-refractivity contribution in [3.8, 4) is 0 Å². The van der Waals surface area contributed by atoms with Crippen molar-refractivity contribution in [3.05, 3.63) is 58.7 Å². The van der Waals surface area contributed by atoms with Crippen LogP contribution >= 0.6 is 19.8 Å². The molecule has 2 rings (SSSR count). The quantitative estimate of drug-likeness (QED) is 0.679. The lowest BCUT2D eigenvalue weighted by Crippen LogP contribution is -2.24. The first-order valence-electron chi connectivity index (χ1n) is 8.81. The Morgan fingerprint density at radius 2 is 1.04 bits per heavy atom. The zero-order valence-electron chi connectivity index (χ0n) is 17.2. The molecule has 0 fully saturated rings. The molecule has 0 amide bonds. The minimum absolute atomic E-state index is 0. The number of aryl methyl sites for hydroxylation is 2. The van der Waals surface area contributed by atoms with Gasteiger partial charge in [0.15, 0.2) is 0 Å². The SMILES string of the molecule is Cc1ccc(C(C)(C)C)cc1P(=O)(O)c1cc(C(C)(C)C)ccc1C.Cl. The molecule has 0 aromatic heterocycles. The Morgan fingerprint density at radius 1 is 0.731 bits per heavy atom. The van der Waals surface area contributed by atoms with E-state index < -0.39 is 7.37 Å². The van der Waals surface area contributed by atoms with Crippen molar-refractivity contribution in [2.45, 2.75) is 66.2 Å². The van der Waals surface area contributed by atoms with Gasteiger partial charge in [-0.2, -0.15) is 0 Å².